The van der Waals surface area contributed by atoms with E-state index in [4.69, 9.17) is 9.40 Å². The summed E-state index contributed by atoms with van der Waals surface area (Å²) in [5.74, 6) is 0.799. The Labute approximate surface area is 354 Å². The Morgan fingerprint density at radius 1 is 0.638 bits per heavy atom. The summed E-state index contributed by atoms with van der Waals surface area (Å²) in [4.78, 5) is 9.74. The maximum atomic E-state index is 6.45. The molecule has 0 atom stereocenters. The number of rotatable bonds is 6. The van der Waals surface area contributed by atoms with Crippen LogP contribution in [-0.4, -0.2) is 22.6 Å². The maximum absolute atomic E-state index is 6.45. The number of fused-ring (bicyclic) bond motifs is 4. The first kappa shape index (κ1) is 38.7. The minimum absolute atomic E-state index is 0. The predicted molar refractivity (Wildman–Crippen MR) is 240 cm³/mol. The monoisotopic (exact) mass is 944 g/mol. The number of furan rings is 1. The minimum atomic E-state index is -1.24. The summed E-state index contributed by atoms with van der Waals surface area (Å²) >= 11 is 0. The average molecular weight is 944 g/mol. The zero-order chi connectivity index (χ0) is 38.9. The minimum Gasteiger partial charge on any atom is -0.501 e. The molecule has 0 saturated carbocycles. The molecule has 0 amide bonds. The summed E-state index contributed by atoms with van der Waals surface area (Å²) in [6, 6.07) is 65.5. The van der Waals surface area contributed by atoms with Gasteiger partial charge in [0.1, 0.15) is 5.58 Å². The first-order chi connectivity index (χ1) is 27.8. The third-order valence-electron chi connectivity index (χ3n) is 10.4. The van der Waals surface area contributed by atoms with E-state index in [1.807, 2.05) is 48.7 Å². The third-order valence-corrected chi connectivity index (χ3v) is 12.5. The molecule has 10 aromatic rings. The second kappa shape index (κ2) is 16.4. The molecule has 1 radical (unpaired) electrons. The Hall–Kier alpha value is -6.17. The number of hydrogen-bond donors (Lipinski definition) is 0. The van der Waals surface area contributed by atoms with Crippen molar-refractivity contribution in [3.63, 3.8) is 0 Å². The van der Waals surface area contributed by atoms with Crippen molar-refractivity contribution in [2.75, 3.05) is 0 Å². The van der Waals surface area contributed by atoms with Crippen LogP contribution in [0, 0.1) is 19.1 Å². The van der Waals surface area contributed by atoms with E-state index in [1.54, 1.807) is 0 Å². The molecule has 0 N–H and O–H groups in total. The first-order valence-electron chi connectivity index (χ1n) is 19.3. The van der Waals surface area contributed by atoms with Crippen molar-refractivity contribution in [3.05, 3.63) is 194 Å². The first-order valence-corrected chi connectivity index (χ1v) is 22.8. The van der Waals surface area contributed by atoms with Crippen LogP contribution in [0.5, 0.6) is 0 Å². The molecule has 6 heteroatoms. The molecule has 7 aromatic carbocycles. The van der Waals surface area contributed by atoms with Crippen molar-refractivity contribution in [1.82, 2.24) is 14.5 Å². The fraction of sp³-hybridized carbons (Fsp3) is 0.0769. The van der Waals surface area contributed by atoms with Crippen LogP contribution >= 0.6 is 0 Å². The van der Waals surface area contributed by atoms with E-state index in [0.717, 1.165) is 78.0 Å². The van der Waals surface area contributed by atoms with Gasteiger partial charge < -0.3 is 14.0 Å². The molecule has 0 bridgehead atoms. The van der Waals surface area contributed by atoms with Crippen LogP contribution in [0.25, 0.3) is 83.6 Å². The van der Waals surface area contributed by atoms with Gasteiger partial charge >= 0.3 is 0 Å². The Morgan fingerprint density at radius 3 is 2.09 bits per heavy atom. The van der Waals surface area contributed by atoms with Gasteiger partial charge in [-0.3, -0.25) is 4.98 Å². The van der Waals surface area contributed by atoms with Gasteiger partial charge in [-0.05, 0) is 51.8 Å². The second-order valence-corrected chi connectivity index (χ2v) is 20.5. The van der Waals surface area contributed by atoms with Crippen LogP contribution in [0.15, 0.2) is 180 Å². The number of para-hydroxylation sites is 3. The molecular weight excluding hydrogens is 903 g/mol. The summed E-state index contributed by atoms with van der Waals surface area (Å²) in [5.41, 5.74) is 13.4. The largest absolute Gasteiger partial charge is 0.501 e. The molecule has 3 aromatic heterocycles. The van der Waals surface area contributed by atoms with Gasteiger partial charge in [0, 0.05) is 42.9 Å². The van der Waals surface area contributed by atoms with Crippen LogP contribution in [0.3, 0.4) is 0 Å². The Bertz CT molecular complexity index is 2980. The van der Waals surface area contributed by atoms with Gasteiger partial charge in [0.25, 0.3) is 0 Å². The van der Waals surface area contributed by atoms with Gasteiger partial charge in [-0.15, -0.1) is 53.6 Å². The standard InChI is InChI=1S/C37H23N2O.C15H18NSi.Ir/c1-3-12-25(13-4-1)27-22-23-28(26-14-5-2-6-15-26)34(24-27)39-33-20-9-8-19-32(33)38-37(39)31-18-11-17-30-29-16-7-10-21-35(29)40-36(30)31;1-12-5-7-13(8-6-12)15-10-9-14(11-16-15)17(2,3)4;/h1-17,19-24H;5-7,9-11H,1-4H3;/q2*-1;. The number of aromatic nitrogens is 3. The summed E-state index contributed by atoms with van der Waals surface area (Å²) in [6.45, 7) is 9.08. The molecule has 0 spiro atoms. The molecule has 0 aliphatic carbocycles. The fourth-order valence-corrected chi connectivity index (χ4v) is 8.38. The van der Waals surface area contributed by atoms with Gasteiger partial charge in [-0.25, -0.2) is 0 Å². The zero-order valence-electron chi connectivity index (χ0n) is 32.8. The quantitative estimate of drug-likeness (QED) is 0.123. The molecule has 58 heavy (non-hydrogen) atoms. The van der Waals surface area contributed by atoms with Crippen LogP contribution in [-0.2, 0) is 20.1 Å². The van der Waals surface area contributed by atoms with E-state index in [2.05, 4.69) is 176 Å². The molecular formula is C52H41IrN3OSi-2. The molecule has 4 nitrogen and oxygen atoms in total. The van der Waals surface area contributed by atoms with E-state index in [1.165, 1.54) is 16.3 Å². The molecule has 0 aliphatic heterocycles. The van der Waals surface area contributed by atoms with Crippen molar-refractivity contribution >= 4 is 46.2 Å². The molecule has 3 heterocycles. The van der Waals surface area contributed by atoms with Crippen molar-refractivity contribution < 1.29 is 24.5 Å². The van der Waals surface area contributed by atoms with Gasteiger partial charge in [0.2, 0.25) is 0 Å². The van der Waals surface area contributed by atoms with Gasteiger partial charge in [0.05, 0.1) is 30.5 Å². The van der Waals surface area contributed by atoms with Gasteiger partial charge in [-0.1, -0.05) is 153 Å². The number of imidazole rings is 1. The predicted octanol–water partition coefficient (Wildman–Crippen LogP) is 13.1. The molecule has 0 aliphatic rings. The second-order valence-electron chi connectivity index (χ2n) is 15.4. The average Bonchev–Trinajstić information content (AvgIpc) is 3.83. The summed E-state index contributed by atoms with van der Waals surface area (Å²) in [5, 5.41) is 3.55. The van der Waals surface area contributed by atoms with Crippen molar-refractivity contribution in [2.45, 2.75) is 26.6 Å². The van der Waals surface area contributed by atoms with E-state index >= 15 is 0 Å². The molecule has 285 valence electrons. The third kappa shape index (κ3) is 7.62. The van der Waals surface area contributed by atoms with Crippen LogP contribution in [0.4, 0.5) is 0 Å². The van der Waals surface area contributed by atoms with E-state index in [0.29, 0.717) is 0 Å². The molecule has 0 unspecified atom stereocenters. The Balaban J connectivity index is 0.000000220. The smallest absolute Gasteiger partial charge is 0.120 e. The number of nitrogens with zero attached hydrogens (tertiary/aromatic N) is 3. The molecule has 0 saturated heterocycles. The maximum Gasteiger partial charge on any atom is 0.120 e. The number of aryl methyl sites for hydroxylation is 1. The number of pyridine rings is 1. The van der Waals surface area contributed by atoms with Crippen LogP contribution in [0.1, 0.15) is 5.56 Å². The fourth-order valence-electron chi connectivity index (χ4n) is 7.34. The van der Waals surface area contributed by atoms with Crippen molar-refractivity contribution in [1.29, 1.82) is 0 Å². The van der Waals surface area contributed by atoms with Crippen LogP contribution < -0.4 is 5.19 Å². The SMILES string of the molecule is Cc1c[c-]c(-c2ccc([Si](C)(C)C)cn2)cc1.[Ir].[c-]1ccc2c(oc3ccccc32)c1-c1nc2ccccc2n1-c1cc(-c2ccccc2)ccc1-c1ccccc1. The van der Waals surface area contributed by atoms with E-state index in [9.17, 15) is 0 Å². The Kier molecular flexibility index (Phi) is 10.9. The van der Waals surface area contributed by atoms with Gasteiger partial charge in [-0.2, -0.15) is 0 Å². The van der Waals surface area contributed by atoms with Gasteiger partial charge in [0.15, 0.2) is 0 Å². The normalized spacial score (nSPS) is 11.3. The summed E-state index contributed by atoms with van der Waals surface area (Å²) in [7, 11) is -1.24. The molecule has 0 fully saturated rings. The Morgan fingerprint density at radius 2 is 1.36 bits per heavy atom. The van der Waals surface area contributed by atoms with Crippen molar-refractivity contribution in [3.8, 4) is 50.6 Å². The van der Waals surface area contributed by atoms with Crippen LogP contribution in [0.2, 0.25) is 19.6 Å². The molecule has 10 rings (SSSR count). The summed E-state index contributed by atoms with van der Waals surface area (Å²) in [6.07, 6.45) is 2.02. The summed E-state index contributed by atoms with van der Waals surface area (Å²) < 4.78 is 8.71. The van der Waals surface area contributed by atoms with E-state index < -0.39 is 8.07 Å². The van der Waals surface area contributed by atoms with Crippen molar-refractivity contribution in [2.24, 2.45) is 0 Å². The van der Waals surface area contributed by atoms with E-state index in [-0.39, 0.29) is 20.1 Å². The number of hydrogen-bond acceptors (Lipinski definition) is 3. The number of benzene rings is 7. The topological polar surface area (TPSA) is 43.9 Å². The zero-order valence-corrected chi connectivity index (χ0v) is 36.2.